The topological polar surface area (TPSA) is 112 Å². The van der Waals surface area contributed by atoms with Crippen LogP contribution < -0.4 is 0 Å². The van der Waals surface area contributed by atoms with Gasteiger partial charge in [-0.15, -0.1) is 0 Å². The highest BCUT2D eigenvalue weighted by Gasteiger charge is 2.26. The molecule has 1 N–H and O–H groups in total. The van der Waals surface area contributed by atoms with Crippen molar-refractivity contribution in [1.29, 1.82) is 0 Å². The van der Waals surface area contributed by atoms with Gasteiger partial charge in [0, 0.05) is 19.4 Å². The minimum absolute atomic E-state index is 0.0234. The maximum Gasteiger partial charge on any atom is 0.472 e. The summed E-state index contributed by atoms with van der Waals surface area (Å²) in [6.45, 7) is 7.12. The number of phosphoric ester groups is 1. The maximum atomic E-state index is 12.6. The van der Waals surface area contributed by atoms with Gasteiger partial charge in [-0.2, -0.15) is 0 Å². The molecule has 0 saturated heterocycles. The number of rotatable bonds is 37. The Balaban J connectivity index is 4.39. The van der Waals surface area contributed by atoms with E-state index >= 15 is 0 Å². The molecule has 0 saturated carbocycles. The van der Waals surface area contributed by atoms with E-state index in [2.05, 4.69) is 13.8 Å². The molecule has 10 heteroatoms. The van der Waals surface area contributed by atoms with E-state index in [9.17, 15) is 19.0 Å². The zero-order valence-electron chi connectivity index (χ0n) is 31.7. The van der Waals surface area contributed by atoms with E-state index in [4.69, 9.17) is 18.5 Å². The van der Waals surface area contributed by atoms with Crippen LogP contribution in [0.15, 0.2) is 0 Å². The number of phosphoric acid groups is 1. The number of esters is 2. The molecule has 0 rings (SSSR count). The van der Waals surface area contributed by atoms with Crippen molar-refractivity contribution in [3.05, 3.63) is 0 Å². The summed E-state index contributed by atoms with van der Waals surface area (Å²) in [5.74, 6) is -0.791. The summed E-state index contributed by atoms with van der Waals surface area (Å²) in [5.41, 5.74) is 0. The van der Waals surface area contributed by atoms with Gasteiger partial charge in [-0.25, -0.2) is 4.57 Å². The van der Waals surface area contributed by atoms with E-state index in [0.717, 1.165) is 38.6 Å². The first-order valence-electron chi connectivity index (χ1n) is 19.9. The fourth-order valence-corrected chi connectivity index (χ4v) is 6.27. The van der Waals surface area contributed by atoms with Crippen molar-refractivity contribution in [3.63, 3.8) is 0 Å². The van der Waals surface area contributed by atoms with Gasteiger partial charge in [0.05, 0.1) is 13.2 Å². The first-order valence-corrected chi connectivity index (χ1v) is 21.4. The molecule has 0 spiro atoms. The van der Waals surface area contributed by atoms with Gasteiger partial charge in [0.2, 0.25) is 0 Å². The van der Waals surface area contributed by atoms with Gasteiger partial charge in [0.1, 0.15) is 6.61 Å². The lowest BCUT2D eigenvalue weighted by Crippen LogP contribution is -2.29. The summed E-state index contributed by atoms with van der Waals surface area (Å²) in [7, 11) is -2.48. The summed E-state index contributed by atoms with van der Waals surface area (Å²) in [5, 5.41) is 0. The van der Waals surface area contributed by atoms with Crippen LogP contribution in [0.25, 0.3) is 0 Å². The van der Waals surface area contributed by atoms with E-state index in [1.807, 2.05) is 18.9 Å². The van der Waals surface area contributed by atoms with Crippen LogP contribution in [0.4, 0.5) is 0 Å². The molecule has 9 nitrogen and oxygen atoms in total. The molecule has 48 heavy (non-hydrogen) atoms. The normalized spacial score (nSPS) is 13.5. The van der Waals surface area contributed by atoms with Crippen LogP contribution in [0.2, 0.25) is 0 Å². The van der Waals surface area contributed by atoms with Crippen LogP contribution in [0.3, 0.4) is 0 Å². The van der Waals surface area contributed by atoms with Crippen molar-refractivity contribution in [3.8, 4) is 0 Å². The van der Waals surface area contributed by atoms with Crippen LogP contribution in [0.5, 0.6) is 0 Å². The third-order valence-electron chi connectivity index (χ3n) is 8.89. The van der Waals surface area contributed by atoms with Gasteiger partial charge in [-0.05, 0) is 26.4 Å². The Morgan fingerprint density at radius 3 is 1.40 bits per heavy atom. The Hall–Kier alpha value is -0.990. The number of hydrogen-bond acceptors (Lipinski definition) is 8. The Bertz CT molecular complexity index is 784. The number of ether oxygens (including phenoxy) is 2. The third-order valence-corrected chi connectivity index (χ3v) is 9.87. The number of carbonyl (C=O) groups excluding carboxylic acids is 2. The van der Waals surface area contributed by atoms with Crippen molar-refractivity contribution in [2.45, 2.75) is 194 Å². The molecular formula is C38H76NO8P. The molecule has 2 atom stereocenters. The lowest BCUT2D eigenvalue weighted by atomic mass is 10.0. The average molecular weight is 706 g/mol. The highest BCUT2D eigenvalue weighted by Crippen LogP contribution is 2.43. The smallest absolute Gasteiger partial charge is 0.462 e. The standard InChI is InChI=1S/C38H76NO8P/c1-5-8-10-12-14-16-18-20-22-24-26-28-30-37(40)44-34-36(35-46-48(42,43)45-33-32-39(4)7-3)47-38(41)31-29-27-25-23-21-19-17-15-13-11-9-6-2/h36H,5-35H2,1-4H3,(H,42,43). The van der Waals surface area contributed by atoms with Crippen LogP contribution in [-0.4, -0.2) is 67.8 Å². The Labute approximate surface area is 295 Å². The van der Waals surface area contributed by atoms with E-state index in [-0.39, 0.29) is 25.6 Å². The molecule has 0 radical (unpaired) electrons. The van der Waals surface area contributed by atoms with Crippen molar-refractivity contribution in [1.82, 2.24) is 4.90 Å². The van der Waals surface area contributed by atoms with Crippen LogP contribution in [0, 0.1) is 0 Å². The average Bonchev–Trinajstić information content (AvgIpc) is 3.06. The minimum atomic E-state index is -4.35. The monoisotopic (exact) mass is 706 g/mol. The lowest BCUT2D eigenvalue weighted by Gasteiger charge is -2.20. The fourth-order valence-electron chi connectivity index (χ4n) is 5.52. The third kappa shape index (κ3) is 33.5. The van der Waals surface area contributed by atoms with E-state index in [0.29, 0.717) is 19.4 Å². The number of carbonyl (C=O) groups is 2. The minimum Gasteiger partial charge on any atom is -0.462 e. The first kappa shape index (κ1) is 47.0. The van der Waals surface area contributed by atoms with Crippen LogP contribution in [-0.2, 0) is 32.7 Å². The zero-order valence-corrected chi connectivity index (χ0v) is 32.6. The molecular weight excluding hydrogens is 629 g/mol. The van der Waals surface area contributed by atoms with Gasteiger partial charge < -0.3 is 19.3 Å². The summed E-state index contributed by atoms with van der Waals surface area (Å²) in [4.78, 5) is 37.1. The molecule has 0 heterocycles. The molecule has 0 aromatic heterocycles. The predicted octanol–water partition coefficient (Wildman–Crippen LogP) is 10.7. The Morgan fingerprint density at radius 2 is 0.979 bits per heavy atom. The first-order chi connectivity index (χ1) is 23.2. The second kappa shape index (κ2) is 34.5. The van der Waals surface area contributed by atoms with Crippen LogP contribution >= 0.6 is 7.82 Å². The molecule has 286 valence electrons. The van der Waals surface area contributed by atoms with Crippen molar-refractivity contribution in [2.24, 2.45) is 0 Å². The van der Waals surface area contributed by atoms with Crippen molar-refractivity contribution in [2.75, 3.05) is 40.0 Å². The largest absolute Gasteiger partial charge is 0.472 e. The number of likely N-dealkylation sites (N-methyl/N-ethyl adjacent to an activating group) is 1. The Morgan fingerprint density at radius 1 is 0.583 bits per heavy atom. The molecule has 0 aliphatic carbocycles. The lowest BCUT2D eigenvalue weighted by molar-refractivity contribution is -0.161. The van der Waals surface area contributed by atoms with E-state index < -0.39 is 26.5 Å². The van der Waals surface area contributed by atoms with E-state index in [1.165, 1.54) is 116 Å². The molecule has 0 aromatic carbocycles. The fraction of sp³-hybridized carbons (Fsp3) is 0.947. The molecule has 0 amide bonds. The van der Waals surface area contributed by atoms with Crippen molar-refractivity contribution >= 4 is 19.8 Å². The van der Waals surface area contributed by atoms with Gasteiger partial charge in [0.15, 0.2) is 6.10 Å². The zero-order chi connectivity index (χ0) is 35.6. The summed E-state index contributed by atoms with van der Waals surface area (Å²) in [6.07, 6.45) is 28.5. The highest BCUT2D eigenvalue weighted by molar-refractivity contribution is 7.47. The second-order valence-corrected chi connectivity index (χ2v) is 15.0. The number of hydrogen-bond donors (Lipinski definition) is 1. The van der Waals surface area contributed by atoms with Crippen LogP contribution in [0.1, 0.15) is 188 Å². The number of unbranched alkanes of at least 4 members (excludes halogenated alkanes) is 22. The highest BCUT2D eigenvalue weighted by atomic mass is 31.2. The van der Waals surface area contributed by atoms with E-state index in [1.54, 1.807) is 0 Å². The van der Waals surface area contributed by atoms with Gasteiger partial charge >= 0.3 is 19.8 Å². The van der Waals surface area contributed by atoms with Gasteiger partial charge in [-0.3, -0.25) is 18.6 Å². The maximum absolute atomic E-state index is 12.6. The Kier molecular flexibility index (Phi) is 33.7. The van der Waals surface area contributed by atoms with Gasteiger partial charge in [-0.1, -0.05) is 162 Å². The summed E-state index contributed by atoms with van der Waals surface area (Å²) >= 11 is 0. The SMILES string of the molecule is CCCCCCCCCCCCCCC(=O)OCC(COP(=O)(O)OCCN(C)CC)OC(=O)CCCCCCCCCCCCCC. The molecule has 0 aliphatic heterocycles. The summed E-state index contributed by atoms with van der Waals surface area (Å²) in [6, 6.07) is 0. The summed E-state index contributed by atoms with van der Waals surface area (Å²) < 4.78 is 33.5. The molecule has 2 unspecified atom stereocenters. The quantitative estimate of drug-likeness (QED) is 0.0383. The molecule has 0 fully saturated rings. The molecule has 0 bridgehead atoms. The predicted molar refractivity (Wildman–Crippen MR) is 197 cm³/mol. The molecule has 0 aliphatic rings. The number of nitrogens with zero attached hydrogens (tertiary/aromatic N) is 1. The molecule has 0 aromatic rings. The second-order valence-electron chi connectivity index (χ2n) is 13.6. The van der Waals surface area contributed by atoms with Crippen molar-refractivity contribution < 1.29 is 37.6 Å². The van der Waals surface area contributed by atoms with Gasteiger partial charge in [0.25, 0.3) is 0 Å².